The van der Waals surface area contributed by atoms with Gasteiger partial charge in [0.2, 0.25) is 5.91 Å². The van der Waals surface area contributed by atoms with Crippen molar-refractivity contribution in [2.24, 2.45) is 5.92 Å². The van der Waals surface area contributed by atoms with Crippen LogP contribution in [0, 0.1) is 5.92 Å². The molecule has 0 bridgehead atoms. The fraction of sp³-hybridized carbons (Fsp3) is 0.556. The van der Waals surface area contributed by atoms with Crippen molar-refractivity contribution < 1.29 is 9.59 Å². The molecule has 1 aromatic carbocycles. The topological polar surface area (TPSA) is 61.4 Å². The van der Waals surface area contributed by atoms with Gasteiger partial charge in [-0.25, -0.2) is 4.79 Å². The molecule has 0 aromatic heterocycles. The number of benzene rings is 1. The van der Waals surface area contributed by atoms with Gasteiger partial charge >= 0.3 is 6.03 Å². The highest BCUT2D eigenvalue weighted by Crippen LogP contribution is 2.22. The predicted molar refractivity (Wildman–Crippen MR) is 99.0 cm³/mol. The van der Waals surface area contributed by atoms with Crippen molar-refractivity contribution in [2.45, 2.75) is 38.1 Å². The van der Waals surface area contributed by atoms with Gasteiger partial charge < -0.3 is 15.5 Å². The number of nitrogens with zero attached hydrogens (tertiary/aromatic N) is 1. The molecule has 1 aromatic rings. The summed E-state index contributed by atoms with van der Waals surface area (Å²) in [6.07, 6.45) is 4.53. The molecule has 3 rings (SSSR count). The third kappa shape index (κ3) is 5.51. The van der Waals surface area contributed by atoms with Gasteiger partial charge in [0.25, 0.3) is 0 Å². The minimum atomic E-state index is -0.114. The Balaban J connectivity index is 1.44. The van der Waals surface area contributed by atoms with Gasteiger partial charge in [-0.2, -0.15) is 0 Å². The molecule has 1 heterocycles. The number of carbonyl (C=O) groups excluding carboxylic acids is 2. The standard InChI is InChI=1S/C18H23Cl2N3O2/c19-14-8-12(9-15(20)10-14)5-6-21-18(25)23-7-1-2-13(11-23)17(24)22-16-3-4-16/h8-10,13,16H,1-7,11H2,(H,21,25)(H,22,24). The van der Waals surface area contributed by atoms with Crippen molar-refractivity contribution in [3.8, 4) is 0 Å². The number of carbonyl (C=O) groups is 2. The molecule has 25 heavy (non-hydrogen) atoms. The highest BCUT2D eigenvalue weighted by atomic mass is 35.5. The van der Waals surface area contributed by atoms with Crippen molar-refractivity contribution in [1.29, 1.82) is 0 Å². The molecule has 0 spiro atoms. The van der Waals surface area contributed by atoms with Crippen LogP contribution in [0.4, 0.5) is 4.79 Å². The van der Waals surface area contributed by atoms with Crippen molar-refractivity contribution >= 4 is 35.1 Å². The van der Waals surface area contributed by atoms with Crippen LogP contribution in [0.2, 0.25) is 10.0 Å². The van der Waals surface area contributed by atoms with Crippen molar-refractivity contribution in [1.82, 2.24) is 15.5 Å². The number of halogens is 2. The van der Waals surface area contributed by atoms with E-state index in [9.17, 15) is 9.59 Å². The molecule has 2 aliphatic rings. The zero-order valence-corrected chi connectivity index (χ0v) is 15.6. The second-order valence-corrected chi connectivity index (χ2v) is 7.70. The maximum Gasteiger partial charge on any atom is 0.317 e. The van der Waals surface area contributed by atoms with Crippen LogP contribution in [0.3, 0.4) is 0 Å². The number of hydrogen-bond donors (Lipinski definition) is 2. The van der Waals surface area contributed by atoms with Crippen LogP contribution in [0.5, 0.6) is 0 Å². The maximum atomic E-state index is 12.4. The van der Waals surface area contributed by atoms with Gasteiger partial charge in [-0.15, -0.1) is 0 Å². The Labute approximate surface area is 158 Å². The Morgan fingerprint density at radius 1 is 1.12 bits per heavy atom. The number of piperidine rings is 1. The molecule has 1 saturated carbocycles. The number of urea groups is 1. The number of hydrogen-bond acceptors (Lipinski definition) is 2. The molecule has 2 N–H and O–H groups in total. The summed E-state index contributed by atoms with van der Waals surface area (Å²) in [7, 11) is 0. The average molecular weight is 384 g/mol. The van der Waals surface area contributed by atoms with E-state index in [-0.39, 0.29) is 17.9 Å². The third-order valence-electron chi connectivity index (χ3n) is 4.62. The predicted octanol–water partition coefficient (Wildman–Crippen LogP) is 3.24. The molecule has 1 unspecified atom stereocenters. The molecule has 1 atom stereocenters. The lowest BCUT2D eigenvalue weighted by Gasteiger charge is -2.32. The van der Waals surface area contributed by atoms with Gasteiger partial charge in [-0.3, -0.25) is 4.79 Å². The highest BCUT2D eigenvalue weighted by molar-refractivity contribution is 6.34. The Kier molecular flexibility index (Phi) is 6.07. The third-order valence-corrected chi connectivity index (χ3v) is 5.05. The number of nitrogens with one attached hydrogen (secondary N) is 2. The number of amides is 3. The number of rotatable bonds is 5. The SMILES string of the molecule is O=C(NC1CC1)C1CCCN(C(=O)NCCc2cc(Cl)cc(Cl)c2)C1. The Morgan fingerprint density at radius 2 is 1.84 bits per heavy atom. The average Bonchev–Trinajstić information content (AvgIpc) is 3.38. The van der Waals surface area contributed by atoms with E-state index in [4.69, 9.17) is 23.2 Å². The maximum absolute atomic E-state index is 12.4. The Morgan fingerprint density at radius 3 is 2.52 bits per heavy atom. The Hall–Kier alpha value is -1.46. The summed E-state index contributed by atoms with van der Waals surface area (Å²) in [5.74, 6) is 0.000376. The van der Waals surface area contributed by atoms with E-state index in [1.165, 1.54) is 0 Å². The lowest BCUT2D eigenvalue weighted by atomic mass is 9.97. The fourth-order valence-corrected chi connectivity index (χ4v) is 3.67. The summed E-state index contributed by atoms with van der Waals surface area (Å²) in [5, 5.41) is 7.14. The fourth-order valence-electron chi connectivity index (χ4n) is 3.10. The van der Waals surface area contributed by atoms with Gasteiger partial charge in [-0.05, 0) is 55.9 Å². The van der Waals surface area contributed by atoms with Crippen LogP contribution in [0.25, 0.3) is 0 Å². The summed E-state index contributed by atoms with van der Waals surface area (Å²) in [4.78, 5) is 26.3. The molecule has 3 amide bonds. The molecule has 2 fully saturated rings. The van der Waals surface area contributed by atoms with Crippen LogP contribution in [0.15, 0.2) is 18.2 Å². The summed E-state index contributed by atoms with van der Waals surface area (Å²) in [5.41, 5.74) is 0.984. The molecule has 1 aliphatic heterocycles. The summed E-state index contributed by atoms with van der Waals surface area (Å²) in [6, 6.07) is 5.63. The van der Waals surface area contributed by atoms with E-state index >= 15 is 0 Å². The largest absolute Gasteiger partial charge is 0.353 e. The minimum absolute atomic E-state index is 0.0909. The van der Waals surface area contributed by atoms with Crippen LogP contribution in [0.1, 0.15) is 31.2 Å². The van der Waals surface area contributed by atoms with E-state index in [0.717, 1.165) is 31.2 Å². The second-order valence-electron chi connectivity index (χ2n) is 6.83. The van der Waals surface area contributed by atoms with Crippen LogP contribution in [-0.2, 0) is 11.2 Å². The monoisotopic (exact) mass is 383 g/mol. The summed E-state index contributed by atoms with van der Waals surface area (Å²) in [6.45, 7) is 1.69. The first kappa shape index (κ1) is 18.3. The zero-order chi connectivity index (χ0) is 17.8. The van der Waals surface area contributed by atoms with E-state index in [1.807, 2.05) is 12.1 Å². The van der Waals surface area contributed by atoms with Gasteiger partial charge in [0, 0.05) is 35.7 Å². The zero-order valence-electron chi connectivity index (χ0n) is 14.1. The quantitative estimate of drug-likeness (QED) is 0.819. The molecular formula is C18H23Cl2N3O2. The molecule has 0 radical (unpaired) electrons. The first-order valence-electron chi connectivity index (χ1n) is 8.79. The molecule has 136 valence electrons. The smallest absolute Gasteiger partial charge is 0.317 e. The molecular weight excluding hydrogens is 361 g/mol. The van der Waals surface area contributed by atoms with Gasteiger partial charge in [0.15, 0.2) is 0 Å². The van der Waals surface area contributed by atoms with Crippen molar-refractivity contribution in [3.63, 3.8) is 0 Å². The number of likely N-dealkylation sites (tertiary alicyclic amines) is 1. The highest BCUT2D eigenvalue weighted by Gasteiger charge is 2.31. The van der Waals surface area contributed by atoms with Gasteiger partial charge in [0.05, 0.1) is 5.92 Å². The van der Waals surface area contributed by atoms with Gasteiger partial charge in [-0.1, -0.05) is 23.2 Å². The second kappa shape index (κ2) is 8.28. The first-order chi connectivity index (χ1) is 12.0. The molecule has 1 aliphatic carbocycles. The normalized spacial score (nSPS) is 20.2. The lowest BCUT2D eigenvalue weighted by Crippen LogP contribution is -2.49. The summed E-state index contributed by atoms with van der Waals surface area (Å²) >= 11 is 12.0. The molecule has 7 heteroatoms. The van der Waals surface area contributed by atoms with E-state index in [0.29, 0.717) is 42.1 Å². The van der Waals surface area contributed by atoms with Gasteiger partial charge in [0.1, 0.15) is 0 Å². The summed E-state index contributed by atoms with van der Waals surface area (Å²) < 4.78 is 0. The van der Waals surface area contributed by atoms with E-state index in [2.05, 4.69) is 10.6 Å². The van der Waals surface area contributed by atoms with Crippen molar-refractivity contribution in [3.05, 3.63) is 33.8 Å². The lowest BCUT2D eigenvalue weighted by molar-refractivity contribution is -0.126. The van der Waals surface area contributed by atoms with Crippen molar-refractivity contribution in [2.75, 3.05) is 19.6 Å². The van der Waals surface area contributed by atoms with Crippen LogP contribution < -0.4 is 10.6 Å². The Bertz CT molecular complexity index is 629. The first-order valence-corrected chi connectivity index (χ1v) is 9.55. The van der Waals surface area contributed by atoms with E-state index < -0.39 is 0 Å². The minimum Gasteiger partial charge on any atom is -0.353 e. The molecule has 1 saturated heterocycles. The van der Waals surface area contributed by atoms with Crippen LogP contribution in [-0.4, -0.2) is 42.5 Å². The molecule has 5 nitrogen and oxygen atoms in total. The van der Waals surface area contributed by atoms with Crippen LogP contribution >= 0.6 is 23.2 Å². The van der Waals surface area contributed by atoms with E-state index in [1.54, 1.807) is 11.0 Å².